The molecule has 0 saturated heterocycles. The number of nitrogens with zero attached hydrogens (tertiary/aromatic N) is 1. The molecule has 1 atom stereocenters. The number of amides is 1. The van der Waals surface area contributed by atoms with E-state index in [4.69, 9.17) is 32.7 Å². The third kappa shape index (κ3) is 6.19. The number of benzene rings is 1. The van der Waals surface area contributed by atoms with Crippen LogP contribution in [0.4, 0.5) is 5.13 Å². The monoisotopic (exact) mass is 402 g/mol. The van der Waals surface area contributed by atoms with Crippen molar-refractivity contribution in [2.45, 2.75) is 26.4 Å². The van der Waals surface area contributed by atoms with Crippen molar-refractivity contribution in [1.29, 1.82) is 0 Å². The first kappa shape index (κ1) is 19.5. The van der Waals surface area contributed by atoms with Crippen molar-refractivity contribution in [1.82, 2.24) is 4.98 Å². The molecule has 0 radical (unpaired) electrons. The minimum absolute atomic E-state index is 0.0628. The van der Waals surface area contributed by atoms with E-state index in [1.165, 1.54) is 11.3 Å². The van der Waals surface area contributed by atoms with Crippen LogP contribution in [0.1, 0.15) is 19.5 Å². The maximum absolute atomic E-state index is 12.2. The van der Waals surface area contributed by atoms with Crippen LogP contribution in [0, 0.1) is 0 Å². The van der Waals surface area contributed by atoms with Crippen molar-refractivity contribution in [3.05, 3.63) is 39.3 Å². The van der Waals surface area contributed by atoms with E-state index in [1.54, 1.807) is 37.4 Å². The van der Waals surface area contributed by atoms with E-state index >= 15 is 0 Å². The number of anilines is 1. The van der Waals surface area contributed by atoms with Gasteiger partial charge in [-0.25, -0.2) is 4.98 Å². The smallest absolute Gasteiger partial charge is 0.311 e. The third-order valence-electron chi connectivity index (χ3n) is 2.93. The highest BCUT2D eigenvalue weighted by atomic mass is 35.5. The molecule has 0 aliphatic carbocycles. The van der Waals surface area contributed by atoms with E-state index < -0.39 is 6.10 Å². The van der Waals surface area contributed by atoms with E-state index in [1.807, 2.05) is 0 Å². The Kier molecular flexibility index (Phi) is 7.04. The van der Waals surface area contributed by atoms with Crippen molar-refractivity contribution in [2.75, 3.05) is 11.9 Å². The number of ether oxygens (including phenoxy) is 2. The molecule has 1 aromatic heterocycles. The fourth-order valence-electron chi connectivity index (χ4n) is 1.87. The number of thiazole rings is 1. The molecule has 134 valence electrons. The summed E-state index contributed by atoms with van der Waals surface area (Å²) < 4.78 is 10.4. The van der Waals surface area contributed by atoms with Gasteiger partial charge in [-0.3, -0.25) is 14.9 Å². The van der Waals surface area contributed by atoms with Gasteiger partial charge in [-0.05, 0) is 32.0 Å². The number of nitrogens with one attached hydrogen (secondary N) is 1. The second-order valence-electron chi connectivity index (χ2n) is 4.98. The molecule has 0 bridgehead atoms. The average molecular weight is 403 g/mol. The Morgan fingerprint density at radius 3 is 2.60 bits per heavy atom. The van der Waals surface area contributed by atoms with Gasteiger partial charge in [0.15, 0.2) is 11.2 Å². The highest BCUT2D eigenvalue weighted by Gasteiger charge is 2.17. The van der Waals surface area contributed by atoms with Gasteiger partial charge < -0.3 is 9.47 Å². The maximum atomic E-state index is 12.2. The molecule has 0 aliphatic heterocycles. The Morgan fingerprint density at radius 1 is 1.28 bits per heavy atom. The molecule has 2 aromatic rings. The number of halogens is 2. The summed E-state index contributed by atoms with van der Waals surface area (Å²) in [6.07, 6.45) is -0.722. The SMILES string of the molecule is CCOC(=O)Cc1csc(NC(=O)C(C)Oc2cc(Cl)cc(Cl)c2)n1. The lowest BCUT2D eigenvalue weighted by Crippen LogP contribution is -2.30. The fourth-order valence-corrected chi connectivity index (χ4v) is 3.09. The van der Waals surface area contributed by atoms with Gasteiger partial charge in [-0.1, -0.05) is 23.2 Å². The van der Waals surface area contributed by atoms with Crippen molar-refractivity contribution in [3.8, 4) is 5.75 Å². The zero-order valence-electron chi connectivity index (χ0n) is 13.5. The Morgan fingerprint density at radius 2 is 1.96 bits per heavy atom. The lowest BCUT2D eigenvalue weighted by molar-refractivity contribution is -0.142. The second kappa shape index (κ2) is 9.03. The molecule has 1 N–H and O–H groups in total. The highest BCUT2D eigenvalue weighted by molar-refractivity contribution is 7.13. The van der Waals surface area contributed by atoms with Crippen molar-refractivity contribution < 1.29 is 19.1 Å². The topological polar surface area (TPSA) is 77.5 Å². The number of hydrogen-bond donors (Lipinski definition) is 1. The summed E-state index contributed by atoms with van der Waals surface area (Å²) in [5.74, 6) is -0.351. The van der Waals surface area contributed by atoms with Crippen molar-refractivity contribution >= 4 is 51.5 Å². The van der Waals surface area contributed by atoms with E-state index in [0.717, 1.165) is 0 Å². The molecule has 0 spiro atoms. The van der Waals surface area contributed by atoms with Crippen LogP contribution in [0.2, 0.25) is 10.0 Å². The summed E-state index contributed by atoms with van der Waals surface area (Å²) in [6, 6.07) is 4.71. The van der Waals surface area contributed by atoms with Gasteiger partial charge in [0.2, 0.25) is 0 Å². The number of carbonyl (C=O) groups excluding carboxylic acids is 2. The molecule has 1 amide bonds. The average Bonchev–Trinajstić information content (AvgIpc) is 2.93. The quantitative estimate of drug-likeness (QED) is 0.709. The largest absolute Gasteiger partial charge is 0.481 e. The summed E-state index contributed by atoms with van der Waals surface area (Å²) >= 11 is 13.0. The Labute approximate surface area is 159 Å². The van der Waals surface area contributed by atoms with Crippen LogP contribution < -0.4 is 10.1 Å². The number of hydrogen-bond acceptors (Lipinski definition) is 6. The lowest BCUT2D eigenvalue weighted by Gasteiger charge is -2.14. The molecule has 0 aliphatic rings. The molecule has 6 nitrogen and oxygen atoms in total. The van der Waals surface area contributed by atoms with Gasteiger partial charge in [0.1, 0.15) is 5.75 Å². The maximum Gasteiger partial charge on any atom is 0.311 e. The fraction of sp³-hybridized carbons (Fsp3) is 0.312. The number of carbonyl (C=O) groups is 2. The zero-order valence-corrected chi connectivity index (χ0v) is 15.9. The molecule has 0 saturated carbocycles. The van der Waals surface area contributed by atoms with Crippen LogP contribution in [-0.2, 0) is 20.7 Å². The molecule has 0 fully saturated rings. The van der Waals surface area contributed by atoms with Gasteiger partial charge >= 0.3 is 5.97 Å². The van der Waals surface area contributed by atoms with E-state index in [0.29, 0.717) is 33.2 Å². The first-order valence-corrected chi connectivity index (χ1v) is 9.04. The molecule has 25 heavy (non-hydrogen) atoms. The van der Waals surface area contributed by atoms with Gasteiger partial charge in [0.05, 0.1) is 18.7 Å². The standard InChI is InChI=1S/C16H16Cl2N2O4S/c1-3-23-14(21)7-12-8-25-16(19-12)20-15(22)9(2)24-13-5-10(17)4-11(18)6-13/h4-6,8-9H,3,7H2,1-2H3,(H,19,20,22). The van der Waals surface area contributed by atoms with Crippen LogP contribution in [0.15, 0.2) is 23.6 Å². The summed E-state index contributed by atoms with van der Waals surface area (Å²) in [7, 11) is 0. The molecular formula is C16H16Cl2N2O4S. The van der Waals surface area contributed by atoms with Gasteiger partial charge in [0.25, 0.3) is 5.91 Å². The Hall–Kier alpha value is -1.83. The molecular weight excluding hydrogens is 387 g/mol. The molecule has 1 heterocycles. The predicted octanol–water partition coefficient (Wildman–Crippen LogP) is 3.96. The molecule has 2 rings (SSSR count). The predicted molar refractivity (Wildman–Crippen MR) is 97.6 cm³/mol. The van der Waals surface area contributed by atoms with Gasteiger partial charge in [-0.2, -0.15) is 0 Å². The van der Waals surface area contributed by atoms with E-state index in [-0.39, 0.29) is 18.3 Å². The minimum atomic E-state index is -0.785. The molecule has 1 unspecified atom stereocenters. The van der Waals surface area contributed by atoms with Gasteiger partial charge in [0, 0.05) is 15.4 Å². The second-order valence-corrected chi connectivity index (χ2v) is 6.71. The Bertz CT molecular complexity index is 746. The summed E-state index contributed by atoms with van der Waals surface area (Å²) in [5, 5.41) is 5.54. The third-order valence-corrected chi connectivity index (χ3v) is 4.17. The van der Waals surface area contributed by atoms with Gasteiger partial charge in [-0.15, -0.1) is 11.3 Å². The van der Waals surface area contributed by atoms with Crippen LogP contribution in [0.25, 0.3) is 0 Å². The van der Waals surface area contributed by atoms with Crippen LogP contribution in [0.5, 0.6) is 5.75 Å². The summed E-state index contributed by atoms with van der Waals surface area (Å²) in [6.45, 7) is 3.64. The first-order valence-electron chi connectivity index (χ1n) is 7.41. The molecule has 9 heteroatoms. The number of esters is 1. The summed E-state index contributed by atoms with van der Waals surface area (Å²) in [4.78, 5) is 27.8. The first-order chi connectivity index (χ1) is 11.9. The van der Waals surface area contributed by atoms with Crippen LogP contribution >= 0.6 is 34.5 Å². The highest BCUT2D eigenvalue weighted by Crippen LogP contribution is 2.25. The minimum Gasteiger partial charge on any atom is -0.481 e. The van der Waals surface area contributed by atoms with E-state index in [9.17, 15) is 9.59 Å². The van der Waals surface area contributed by atoms with Crippen LogP contribution in [-0.4, -0.2) is 29.6 Å². The number of rotatable bonds is 7. The molecule has 1 aromatic carbocycles. The van der Waals surface area contributed by atoms with Crippen molar-refractivity contribution in [3.63, 3.8) is 0 Å². The zero-order chi connectivity index (χ0) is 18.4. The Balaban J connectivity index is 1.92. The summed E-state index contributed by atoms with van der Waals surface area (Å²) in [5.41, 5.74) is 0.536. The normalized spacial score (nSPS) is 11.7. The lowest BCUT2D eigenvalue weighted by atomic mass is 10.3. The number of aromatic nitrogens is 1. The van der Waals surface area contributed by atoms with Crippen molar-refractivity contribution in [2.24, 2.45) is 0 Å². The van der Waals surface area contributed by atoms with E-state index in [2.05, 4.69) is 10.3 Å². The van der Waals surface area contributed by atoms with Crippen LogP contribution in [0.3, 0.4) is 0 Å².